The molecular weight excluding hydrogens is 608 g/mol. The summed E-state index contributed by atoms with van der Waals surface area (Å²) < 4.78 is 41.5. The summed E-state index contributed by atoms with van der Waals surface area (Å²) in [5.41, 5.74) is 1.62. The fourth-order valence-electron chi connectivity index (χ4n) is 5.96. The monoisotopic (exact) mass is 654 g/mol. The van der Waals surface area contributed by atoms with Gasteiger partial charge < -0.3 is 43.8 Å². The molecule has 7 atom stereocenters. The molecule has 0 bridgehead atoms. The highest BCUT2D eigenvalue weighted by Crippen LogP contribution is 2.42. The number of rotatable bonds is 12. The summed E-state index contributed by atoms with van der Waals surface area (Å²) in [5, 5.41) is 5.53. The van der Waals surface area contributed by atoms with Crippen molar-refractivity contribution in [1.82, 2.24) is 10.6 Å². The number of fused-ring (bicyclic) bond motifs is 1. The van der Waals surface area contributed by atoms with Crippen LogP contribution in [0.1, 0.15) is 59.1 Å². The maximum absolute atomic E-state index is 13.9. The number of hydrogen-bond acceptors (Lipinski definition) is 10. The first-order chi connectivity index (χ1) is 22.3. The number of amides is 2. The van der Waals surface area contributed by atoms with Crippen molar-refractivity contribution in [1.29, 1.82) is 0 Å². The third-order valence-corrected chi connectivity index (χ3v) is 8.09. The van der Waals surface area contributed by atoms with E-state index in [0.717, 1.165) is 11.1 Å². The van der Waals surface area contributed by atoms with Crippen LogP contribution in [0.3, 0.4) is 0 Å². The van der Waals surface area contributed by atoms with Gasteiger partial charge in [0.05, 0.1) is 6.61 Å². The van der Waals surface area contributed by atoms with Crippen molar-refractivity contribution in [3.8, 4) is 0 Å². The molecule has 0 unspecified atom stereocenters. The van der Waals surface area contributed by atoms with Crippen LogP contribution in [0.5, 0.6) is 0 Å². The molecule has 0 aromatic heterocycles. The average molecular weight is 655 g/mol. The van der Waals surface area contributed by atoms with E-state index in [4.69, 9.17) is 33.2 Å². The maximum Gasteiger partial charge on any atom is 0.408 e. The summed E-state index contributed by atoms with van der Waals surface area (Å²) in [5.74, 6) is -2.99. The molecule has 12 heteroatoms. The number of carbonyl (C=O) groups excluding carboxylic acids is 3. The minimum absolute atomic E-state index is 0.0185. The maximum atomic E-state index is 13.9. The first kappa shape index (κ1) is 34.8. The number of carbonyl (C=O) groups is 3. The van der Waals surface area contributed by atoms with E-state index < -0.39 is 72.3 Å². The topological polar surface area (TPSA) is 140 Å². The number of ether oxygens (including phenoxy) is 7. The van der Waals surface area contributed by atoms with Crippen LogP contribution in [0.25, 0.3) is 0 Å². The van der Waals surface area contributed by atoms with Crippen LogP contribution in [0.4, 0.5) is 4.79 Å². The minimum atomic E-state index is -1.03. The predicted molar refractivity (Wildman–Crippen MR) is 169 cm³/mol. The highest BCUT2D eigenvalue weighted by Gasteiger charge is 2.60. The standard InChI is InChI=1S/C35H46N2O10/c1-21(2)17-25(31(39)43-28-27(26-20-42-34(3,4)45-26)44-32-29(28)46-35(5,6)47-32)36-30(38)24(18-22-13-9-7-10-14-22)37-33(40)41-19-23-15-11-8-12-16-23/h7-16,21,24-29,32H,17-20H2,1-6H3,(H,36,38)(H,37,40)/t24-,25-,26+,27-,28+,29+,32-/m1/s1. The van der Waals surface area contributed by atoms with Crippen molar-refractivity contribution in [3.63, 3.8) is 0 Å². The molecule has 2 amide bonds. The predicted octanol–water partition coefficient (Wildman–Crippen LogP) is 3.99. The summed E-state index contributed by atoms with van der Waals surface area (Å²) in [7, 11) is 0. The van der Waals surface area contributed by atoms with Gasteiger partial charge in [-0.3, -0.25) is 4.79 Å². The molecule has 3 fully saturated rings. The van der Waals surface area contributed by atoms with Gasteiger partial charge in [-0.2, -0.15) is 0 Å². The van der Waals surface area contributed by atoms with Crippen molar-refractivity contribution in [2.24, 2.45) is 5.92 Å². The van der Waals surface area contributed by atoms with Crippen LogP contribution in [0.15, 0.2) is 60.7 Å². The van der Waals surface area contributed by atoms with E-state index in [-0.39, 0.29) is 32.0 Å². The van der Waals surface area contributed by atoms with E-state index in [0.29, 0.717) is 0 Å². The Kier molecular flexibility index (Phi) is 10.9. The number of esters is 1. The molecule has 0 spiro atoms. The average Bonchev–Trinajstić information content (AvgIpc) is 3.64. The van der Waals surface area contributed by atoms with Crippen LogP contribution >= 0.6 is 0 Å². The third kappa shape index (κ3) is 9.29. The van der Waals surface area contributed by atoms with Crippen molar-refractivity contribution in [3.05, 3.63) is 71.8 Å². The molecule has 47 heavy (non-hydrogen) atoms. The molecule has 2 aromatic rings. The Bertz CT molecular complexity index is 1370. The van der Waals surface area contributed by atoms with Gasteiger partial charge in [0.1, 0.15) is 30.9 Å². The van der Waals surface area contributed by atoms with Gasteiger partial charge in [-0.05, 0) is 51.2 Å². The Labute approximate surface area is 275 Å². The second kappa shape index (κ2) is 14.7. The molecule has 3 heterocycles. The fraction of sp³-hybridized carbons (Fsp3) is 0.571. The summed E-state index contributed by atoms with van der Waals surface area (Å²) in [6.07, 6.45) is -3.95. The molecule has 256 valence electrons. The summed E-state index contributed by atoms with van der Waals surface area (Å²) in [6.45, 7) is 11.3. The summed E-state index contributed by atoms with van der Waals surface area (Å²) >= 11 is 0. The summed E-state index contributed by atoms with van der Waals surface area (Å²) in [6, 6.07) is 16.4. The lowest BCUT2D eigenvalue weighted by atomic mass is 10.0. The van der Waals surface area contributed by atoms with Gasteiger partial charge in [-0.1, -0.05) is 74.5 Å². The van der Waals surface area contributed by atoms with Crippen molar-refractivity contribution >= 4 is 18.0 Å². The lowest BCUT2D eigenvalue weighted by Crippen LogP contribution is -2.54. The zero-order valence-corrected chi connectivity index (χ0v) is 27.8. The lowest BCUT2D eigenvalue weighted by molar-refractivity contribution is -0.235. The quantitative estimate of drug-likeness (QED) is 0.323. The molecule has 2 N–H and O–H groups in total. The van der Waals surface area contributed by atoms with Crippen molar-refractivity contribution < 1.29 is 47.5 Å². The SMILES string of the molecule is CC(C)C[C@@H](NC(=O)[C@@H](Cc1ccccc1)NC(=O)OCc1ccccc1)C(=O)O[C@@H]1[C@@H]2OC(C)(C)O[C@H]2O[C@@H]1[C@@H]1COC(C)(C)O1. The zero-order chi connectivity index (χ0) is 33.8. The number of alkyl carbamates (subject to hydrolysis) is 1. The Hall–Kier alpha value is -3.55. The molecule has 3 aliphatic rings. The second-order valence-corrected chi connectivity index (χ2v) is 13.5. The fourth-order valence-corrected chi connectivity index (χ4v) is 5.96. The molecule has 2 aromatic carbocycles. The van der Waals surface area contributed by atoms with E-state index in [1.54, 1.807) is 27.7 Å². The molecule has 0 radical (unpaired) electrons. The highest BCUT2D eigenvalue weighted by atomic mass is 16.8. The van der Waals surface area contributed by atoms with Crippen molar-refractivity contribution in [2.45, 2.75) is 115 Å². The van der Waals surface area contributed by atoms with E-state index in [2.05, 4.69) is 10.6 Å². The van der Waals surface area contributed by atoms with Gasteiger partial charge in [-0.25, -0.2) is 9.59 Å². The lowest BCUT2D eigenvalue weighted by Gasteiger charge is -2.30. The normalized spacial score (nSPS) is 27.1. The summed E-state index contributed by atoms with van der Waals surface area (Å²) in [4.78, 5) is 40.6. The van der Waals surface area contributed by atoms with Gasteiger partial charge in [0, 0.05) is 6.42 Å². The molecule has 3 saturated heterocycles. The van der Waals surface area contributed by atoms with Crippen LogP contribution in [-0.2, 0) is 55.8 Å². The van der Waals surface area contributed by atoms with Gasteiger partial charge in [-0.15, -0.1) is 0 Å². The molecule has 5 rings (SSSR count). The molecule has 12 nitrogen and oxygen atoms in total. The largest absolute Gasteiger partial charge is 0.455 e. The Morgan fingerprint density at radius 1 is 0.830 bits per heavy atom. The van der Waals surface area contributed by atoms with Gasteiger partial charge >= 0.3 is 12.1 Å². The first-order valence-electron chi connectivity index (χ1n) is 16.1. The first-order valence-corrected chi connectivity index (χ1v) is 16.1. The Morgan fingerprint density at radius 3 is 2.11 bits per heavy atom. The van der Waals surface area contributed by atoms with E-state index in [1.807, 2.05) is 74.5 Å². The Balaban J connectivity index is 1.30. The van der Waals surface area contributed by atoms with Crippen molar-refractivity contribution in [2.75, 3.05) is 6.61 Å². The number of hydrogen-bond donors (Lipinski definition) is 2. The third-order valence-electron chi connectivity index (χ3n) is 8.09. The van der Waals surface area contributed by atoms with Gasteiger partial charge in [0.25, 0.3) is 0 Å². The van der Waals surface area contributed by atoms with Crippen LogP contribution < -0.4 is 10.6 Å². The van der Waals surface area contributed by atoms with Gasteiger partial charge in [0.2, 0.25) is 5.91 Å². The van der Waals surface area contributed by atoms with Crippen LogP contribution in [0.2, 0.25) is 0 Å². The second-order valence-electron chi connectivity index (χ2n) is 13.5. The number of benzene rings is 2. The number of nitrogens with one attached hydrogen (secondary N) is 2. The van der Waals surface area contributed by atoms with E-state index >= 15 is 0 Å². The molecule has 0 saturated carbocycles. The van der Waals surface area contributed by atoms with Crippen LogP contribution in [0, 0.1) is 5.92 Å². The van der Waals surface area contributed by atoms with E-state index in [9.17, 15) is 14.4 Å². The smallest absolute Gasteiger partial charge is 0.408 e. The molecule has 0 aliphatic carbocycles. The molecule has 3 aliphatic heterocycles. The van der Waals surface area contributed by atoms with E-state index in [1.165, 1.54) is 0 Å². The zero-order valence-electron chi connectivity index (χ0n) is 27.8. The molecular formula is C35H46N2O10. The highest BCUT2D eigenvalue weighted by molar-refractivity contribution is 5.90. The Morgan fingerprint density at radius 2 is 1.49 bits per heavy atom. The minimum Gasteiger partial charge on any atom is -0.455 e. The van der Waals surface area contributed by atoms with Crippen LogP contribution in [-0.4, -0.2) is 78.9 Å². The van der Waals surface area contributed by atoms with Gasteiger partial charge in [0.15, 0.2) is 30.1 Å².